The fraction of sp³-hybridized carbons (Fsp3) is 0.900. The minimum absolute atomic E-state index is 0.157. The van der Waals surface area contributed by atoms with Gasteiger partial charge in [-0.3, -0.25) is 4.79 Å². The van der Waals surface area contributed by atoms with Gasteiger partial charge in [0.25, 0.3) is 0 Å². The summed E-state index contributed by atoms with van der Waals surface area (Å²) in [7, 11) is 0. The maximum absolute atomic E-state index is 10.7. The van der Waals surface area contributed by atoms with Crippen molar-refractivity contribution in [2.24, 2.45) is 11.8 Å². The molecule has 0 aromatic rings. The summed E-state index contributed by atoms with van der Waals surface area (Å²) in [5.41, 5.74) is 0. The van der Waals surface area contributed by atoms with Crippen molar-refractivity contribution in [1.82, 2.24) is 4.90 Å². The van der Waals surface area contributed by atoms with Gasteiger partial charge in [-0.25, -0.2) is 0 Å². The topological polar surface area (TPSA) is 60.8 Å². The first-order chi connectivity index (χ1) is 6.63. The molecule has 1 unspecified atom stereocenters. The first-order valence-electron chi connectivity index (χ1n) is 5.19. The number of piperidine rings is 1. The normalized spacial score (nSPS) is 22.1. The summed E-state index contributed by atoms with van der Waals surface area (Å²) >= 11 is 0. The molecule has 0 radical (unpaired) electrons. The Morgan fingerprint density at radius 2 is 2.07 bits per heavy atom. The van der Waals surface area contributed by atoms with Gasteiger partial charge in [-0.05, 0) is 31.8 Å². The zero-order valence-corrected chi connectivity index (χ0v) is 8.65. The highest BCUT2D eigenvalue weighted by atomic mass is 16.4. The second-order valence-corrected chi connectivity index (χ2v) is 4.20. The molecule has 14 heavy (non-hydrogen) atoms. The number of aliphatic hydroxyl groups is 1. The number of carboxylic acid groups (broad SMARTS) is 1. The first kappa shape index (κ1) is 11.5. The summed E-state index contributed by atoms with van der Waals surface area (Å²) in [6.07, 6.45) is 1.49. The molecule has 0 bridgehead atoms. The highest BCUT2D eigenvalue weighted by Crippen LogP contribution is 2.17. The van der Waals surface area contributed by atoms with Crippen LogP contribution in [0.5, 0.6) is 0 Å². The molecule has 4 heteroatoms. The molecule has 0 aromatic heterocycles. The van der Waals surface area contributed by atoms with Crippen molar-refractivity contribution in [1.29, 1.82) is 0 Å². The van der Waals surface area contributed by atoms with Crippen molar-refractivity contribution < 1.29 is 15.0 Å². The third kappa shape index (κ3) is 3.27. The van der Waals surface area contributed by atoms with Gasteiger partial charge in [0.2, 0.25) is 0 Å². The van der Waals surface area contributed by atoms with Crippen molar-refractivity contribution in [2.45, 2.75) is 19.8 Å². The van der Waals surface area contributed by atoms with Gasteiger partial charge in [-0.1, -0.05) is 6.92 Å². The van der Waals surface area contributed by atoms with Gasteiger partial charge in [0.05, 0.1) is 5.92 Å². The Bertz CT molecular complexity index is 188. The minimum atomic E-state index is -0.667. The highest BCUT2D eigenvalue weighted by Gasteiger charge is 2.24. The fourth-order valence-corrected chi connectivity index (χ4v) is 1.86. The largest absolute Gasteiger partial charge is 0.481 e. The van der Waals surface area contributed by atoms with Crippen LogP contribution in [-0.4, -0.2) is 47.3 Å². The molecule has 1 atom stereocenters. The van der Waals surface area contributed by atoms with Gasteiger partial charge in [0.1, 0.15) is 0 Å². The lowest BCUT2D eigenvalue weighted by Crippen LogP contribution is -2.39. The summed E-state index contributed by atoms with van der Waals surface area (Å²) in [5.74, 6) is -0.535. The van der Waals surface area contributed by atoms with Crippen molar-refractivity contribution >= 4 is 5.97 Å². The number of hydrogen-bond acceptors (Lipinski definition) is 3. The number of carbonyl (C=O) groups is 1. The SMILES string of the molecule is CC(CO)CN1CCC(C(=O)O)CC1. The molecule has 0 spiro atoms. The molecule has 0 aromatic carbocycles. The minimum Gasteiger partial charge on any atom is -0.481 e. The van der Waals surface area contributed by atoms with E-state index in [1.165, 1.54) is 0 Å². The summed E-state index contributed by atoms with van der Waals surface area (Å²) < 4.78 is 0. The molecule has 1 fully saturated rings. The van der Waals surface area contributed by atoms with Gasteiger partial charge in [0, 0.05) is 13.2 Å². The molecule has 1 aliphatic heterocycles. The standard InChI is InChI=1S/C10H19NO3/c1-8(7-12)6-11-4-2-9(3-5-11)10(13)14/h8-9,12H,2-7H2,1H3,(H,13,14). The lowest BCUT2D eigenvalue weighted by atomic mass is 9.96. The van der Waals surface area contributed by atoms with Crippen LogP contribution in [0.1, 0.15) is 19.8 Å². The second kappa shape index (κ2) is 5.32. The van der Waals surface area contributed by atoms with Crippen LogP contribution in [0.25, 0.3) is 0 Å². The van der Waals surface area contributed by atoms with E-state index in [9.17, 15) is 4.79 Å². The van der Waals surface area contributed by atoms with Gasteiger partial charge in [-0.15, -0.1) is 0 Å². The molecule has 2 N–H and O–H groups in total. The van der Waals surface area contributed by atoms with Crippen LogP contribution in [0.3, 0.4) is 0 Å². The molecule has 1 saturated heterocycles. The van der Waals surface area contributed by atoms with Gasteiger partial charge in [-0.2, -0.15) is 0 Å². The Balaban J connectivity index is 2.25. The molecule has 0 amide bonds. The lowest BCUT2D eigenvalue weighted by molar-refractivity contribution is -0.143. The molecule has 0 saturated carbocycles. The van der Waals surface area contributed by atoms with E-state index in [1.54, 1.807) is 0 Å². The Kier molecular flexibility index (Phi) is 4.35. The van der Waals surface area contributed by atoms with Gasteiger partial charge < -0.3 is 15.1 Å². The number of aliphatic hydroxyl groups excluding tert-OH is 1. The smallest absolute Gasteiger partial charge is 0.306 e. The molecule has 1 rings (SSSR count). The number of hydrogen-bond donors (Lipinski definition) is 2. The van der Waals surface area contributed by atoms with Crippen LogP contribution in [-0.2, 0) is 4.79 Å². The van der Waals surface area contributed by atoms with Crippen LogP contribution >= 0.6 is 0 Å². The predicted molar refractivity (Wildman–Crippen MR) is 53.0 cm³/mol. The Labute approximate surface area is 84.5 Å². The number of rotatable bonds is 4. The van der Waals surface area contributed by atoms with Crippen molar-refractivity contribution in [2.75, 3.05) is 26.2 Å². The number of aliphatic carboxylic acids is 1. The summed E-state index contributed by atoms with van der Waals surface area (Å²) in [6, 6.07) is 0. The Morgan fingerprint density at radius 3 is 2.50 bits per heavy atom. The first-order valence-corrected chi connectivity index (χ1v) is 5.19. The van der Waals surface area contributed by atoms with Crippen LogP contribution in [0.4, 0.5) is 0 Å². The zero-order valence-electron chi connectivity index (χ0n) is 8.65. The molecule has 0 aliphatic carbocycles. The average molecular weight is 201 g/mol. The molecular formula is C10H19NO3. The monoisotopic (exact) mass is 201 g/mol. The van der Waals surface area contributed by atoms with E-state index < -0.39 is 5.97 Å². The van der Waals surface area contributed by atoms with Gasteiger partial charge in [0.15, 0.2) is 0 Å². The quantitative estimate of drug-likeness (QED) is 0.691. The van der Waals surface area contributed by atoms with Crippen LogP contribution < -0.4 is 0 Å². The Hall–Kier alpha value is -0.610. The van der Waals surface area contributed by atoms with E-state index in [2.05, 4.69) is 4.90 Å². The van der Waals surface area contributed by atoms with Crippen LogP contribution in [0.2, 0.25) is 0 Å². The van der Waals surface area contributed by atoms with Crippen molar-refractivity contribution in [3.05, 3.63) is 0 Å². The van der Waals surface area contributed by atoms with E-state index in [0.29, 0.717) is 0 Å². The zero-order chi connectivity index (χ0) is 10.6. The lowest BCUT2D eigenvalue weighted by Gasteiger charge is -2.31. The van der Waals surface area contributed by atoms with E-state index in [1.807, 2.05) is 6.92 Å². The third-order valence-electron chi connectivity index (χ3n) is 2.82. The molecule has 82 valence electrons. The van der Waals surface area contributed by atoms with Crippen LogP contribution in [0, 0.1) is 11.8 Å². The number of nitrogens with zero attached hydrogens (tertiary/aromatic N) is 1. The predicted octanol–water partition coefficient (Wildman–Crippen LogP) is 0.411. The third-order valence-corrected chi connectivity index (χ3v) is 2.82. The highest BCUT2D eigenvalue weighted by molar-refractivity contribution is 5.70. The fourth-order valence-electron chi connectivity index (χ4n) is 1.86. The maximum atomic E-state index is 10.7. The number of likely N-dealkylation sites (tertiary alicyclic amines) is 1. The van der Waals surface area contributed by atoms with Crippen molar-refractivity contribution in [3.8, 4) is 0 Å². The van der Waals surface area contributed by atoms with Crippen LogP contribution in [0.15, 0.2) is 0 Å². The average Bonchev–Trinajstić information content (AvgIpc) is 2.18. The summed E-state index contributed by atoms with van der Waals surface area (Å²) in [5, 5.41) is 17.7. The molecule has 1 aliphatic rings. The molecule has 1 heterocycles. The van der Waals surface area contributed by atoms with Crippen molar-refractivity contribution in [3.63, 3.8) is 0 Å². The van der Waals surface area contributed by atoms with Gasteiger partial charge >= 0.3 is 5.97 Å². The molecule has 4 nitrogen and oxygen atoms in total. The maximum Gasteiger partial charge on any atom is 0.306 e. The van der Waals surface area contributed by atoms with E-state index in [4.69, 9.17) is 10.2 Å². The number of carboxylic acids is 1. The molecular weight excluding hydrogens is 182 g/mol. The summed E-state index contributed by atoms with van der Waals surface area (Å²) in [6.45, 7) is 4.79. The van der Waals surface area contributed by atoms with E-state index in [-0.39, 0.29) is 18.4 Å². The Morgan fingerprint density at radius 1 is 1.50 bits per heavy atom. The van der Waals surface area contributed by atoms with E-state index in [0.717, 1.165) is 32.5 Å². The second-order valence-electron chi connectivity index (χ2n) is 4.20. The summed E-state index contributed by atoms with van der Waals surface area (Å²) in [4.78, 5) is 12.9. The van der Waals surface area contributed by atoms with E-state index >= 15 is 0 Å².